The quantitative estimate of drug-likeness (QED) is 0.584. The van der Waals surface area contributed by atoms with Crippen molar-refractivity contribution in [3.8, 4) is 5.69 Å². The number of amides is 1. The zero-order chi connectivity index (χ0) is 19.9. The lowest BCUT2D eigenvalue weighted by Crippen LogP contribution is -2.33. The van der Waals surface area contributed by atoms with Gasteiger partial charge in [-0.1, -0.05) is 12.1 Å². The minimum absolute atomic E-state index is 0.104. The zero-order valence-corrected chi connectivity index (χ0v) is 15.8. The summed E-state index contributed by atoms with van der Waals surface area (Å²) in [7, 11) is 1.33. The van der Waals surface area contributed by atoms with Crippen LogP contribution in [-0.4, -0.2) is 57.0 Å². The summed E-state index contributed by atoms with van der Waals surface area (Å²) in [5.41, 5.74) is 2.41. The van der Waals surface area contributed by atoms with Crippen LogP contribution in [0.2, 0.25) is 0 Å². The van der Waals surface area contributed by atoms with Crippen molar-refractivity contribution in [2.75, 3.05) is 20.2 Å². The lowest BCUT2D eigenvalue weighted by atomic mass is 10.1. The molecule has 8 nitrogen and oxygen atoms in total. The van der Waals surface area contributed by atoms with Crippen molar-refractivity contribution in [2.45, 2.75) is 13.3 Å². The zero-order valence-electron chi connectivity index (χ0n) is 15.8. The van der Waals surface area contributed by atoms with Crippen LogP contribution in [0, 0.1) is 0 Å². The molecular formula is C20H21N5O3. The lowest BCUT2D eigenvalue weighted by Gasteiger charge is -2.22. The Labute approximate surface area is 162 Å². The lowest BCUT2D eigenvalue weighted by molar-refractivity contribution is 0.0599. The highest BCUT2D eigenvalue weighted by atomic mass is 16.5. The topological polar surface area (TPSA) is 90.2 Å². The number of carbonyl (C=O) groups is 2. The van der Waals surface area contributed by atoms with Crippen LogP contribution in [-0.2, 0) is 11.2 Å². The van der Waals surface area contributed by atoms with Crippen molar-refractivity contribution in [1.29, 1.82) is 0 Å². The molecule has 3 rings (SSSR count). The Hall–Kier alpha value is -3.55. The molecule has 0 N–H and O–H groups in total. The third-order valence-corrected chi connectivity index (χ3v) is 4.32. The van der Waals surface area contributed by atoms with E-state index in [2.05, 4.69) is 15.2 Å². The highest BCUT2D eigenvalue weighted by molar-refractivity contribution is 5.97. The second kappa shape index (κ2) is 8.90. The number of esters is 1. The molecule has 2 aromatic heterocycles. The molecule has 0 aliphatic carbocycles. The third-order valence-electron chi connectivity index (χ3n) is 4.32. The molecule has 1 aromatic carbocycles. The molecule has 0 aliphatic rings. The van der Waals surface area contributed by atoms with Crippen LogP contribution in [0.1, 0.15) is 33.2 Å². The maximum atomic E-state index is 13.1. The van der Waals surface area contributed by atoms with E-state index in [1.54, 1.807) is 35.6 Å². The first-order valence-electron chi connectivity index (χ1n) is 8.91. The fourth-order valence-electron chi connectivity index (χ4n) is 2.86. The van der Waals surface area contributed by atoms with Gasteiger partial charge in [0.25, 0.3) is 5.91 Å². The molecule has 1 amide bonds. The van der Waals surface area contributed by atoms with Gasteiger partial charge in [0, 0.05) is 25.5 Å². The average Bonchev–Trinajstić information content (AvgIpc) is 3.28. The van der Waals surface area contributed by atoms with Crippen LogP contribution in [0.3, 0.4) is 0 Å². The van der Waals surface area contributed by atoms with Crippen molar-refractivity contribution < 1.29 is 14.3 Å². The van der Waals surface area contributed by atoms with E-state index in [-0.39, 0.29) is 5.91 Å². The Kier molecular flexibility index (Phi) is 6.11. The Morgan fingerprint density at radius 2 is 1.89 bits per heavy atom. The Balaban J connectivity index is 1.76. The van der Waals surface area contributed by atoms with Crippen LogP contribution >= 0.6 is 0 Å². The van der Waals surface area contributed by atoms with E-state index < -0.39 is 5.97 Å². The van der Waals surface area contributed by atoms with E-state index in [1.165, 1.54) is 18.1 Å². The van der Waals surface area contributed by atoms with Gasteiger partial charge in [-0.25, -0.2) is 4.79 Å². The first-order chi connectivity index (χ1) is 13.6. The number of pyridine rings is 1. The van der Waals surface area contributed by atoms with E-state index >= 15 is 0 Å². The van der Waals surface area contributed by atoms with Crippen LogP contribution in [0.25, 0.3) is 5.69 Å². The molecule has 0 aliphatic heterocycles. The molecule has 0 radical (unpaired) electrons. The normalized spacial score (nSPS) is 10.5. The predicted molar refractivity (Wildman–Crippen MR) is 102 cm³/mol. The minimum Gasteiger partial charge on any atom is -0.465 e. The molecule has 0 bridgehead atoms. The summed E-state index contributed by atoms with van der Waals surface area (Å²) in [5, 5.41) is 8.25. The summed E-state index contributed by atoms with van der Waals surface area (Å²) in [6.45, 7) is 2.96. The van der Waals surface area contributed by atoms with E-state index in [0.717, 1.165) is 5.56 Å². The maximum Gasteiger partial charge on any atom is 0.339 e. The summed E-state index contributed by atoms with van der Waals surface area (Å²) >= 11 is 0. The monoisotopic (exact) mass is 379 g/mol. The second-order valence-electron chi connectivity index (χ2n) is 6.04. The van der Waals surface area contributed by atoms with Gasteiger partial charge in [0.05, 0.1) is 36.3 Å². The van der Waals surface area contributed by atoms with E-state index in [0.29, 0.717) is 36.3 Å². The van der Waals surface area contributed by atoms with Gasteiger partial charge in [-0.3, -0.25) is 9.78 Å². The molecule has 0 saturated carbocycles. The number of aromatic nitrogens is 4. The van der Waals surface area contributed by atoms with Gasteiger partial charge in [-0.05, 0) is 37.1 Å². The first-order valence-corrected chi connectivity index (χ1v) is 8.91. The first kappa shape index (κ1) is 19.2. The van der Waals surface area contributed by atoms with Gasteiger partial charge in [-0.15, -0.1) is 0 Å². The van der Waals surface area contributed by atoms with Gasteiger partial charge in [0.2, 0.25) is 0 Å². The second-order valence-corrected chi connectivity index (χ2v) is 6.04. The molecule has 28 heavy (non-hydrogen) atoms. The van der Waals surface area contributed by atoms with Gasteiger partial charge in [0.1, 0.15) is 0 Å². The van der Waals surface area contributed by atoms with Crippen molar-refractivity contribution in [1.82, 2.24) is 24.9 Å². The summed E-state index contributed by atoms with van der Waals surface area (Å²) < 4.78 is 4.73. The van der Waals surface area contributed by atoms with E-state index in [1.807, 2.05) is 25.1 Å². The molecule has 8 heteroatoms. The fraction of sp³-hybridized carbons (Fsp3) is 0.250. The molecule has 2 heterocycles. The number of ether oxygens (including phenoxy) is 1. The number of hydrogen-bond acceptors (Lipinski definition) is 6. The summed E-state index contributed by atoms with van der Waals surface area (Å²) in [4.78, 5) is 32.0. The van der Waals surface area contributed by atoms with Crippen molar-refractivity contribution in [2.24, 2.45) is 0 Å². The van der Waals surface area contributed by atoms with Crippen molar-refractivity contribution in [3.63, 3.8) is 0 Å². The molecular weight excluding hydrogens is 358 g/mol. The molecule has 0 unspecified atom stereocenters. The number of para-hydroxylation sites is 1. The molecule has 0 atom stereocenters. The van der Waals surface area contributed by atoms with Gasteiger partial charge < -0.3 is 9.64 Å². The van der Waals surface area contributed by atoms with Gasteiger partial charge >= 0.3 is 5.97 Å². The highest BCUT2D eigenvalue weighted by Gasteiger charge is 2.19. The van der Waals surface area contributed by atoms with Crippen LogP contribution in [0.5, 0.6) is 0 Å². The summed E-state index contributed by atoms with van der Waals surface area (Å²) in [5.74, 6) is -0.536. The van der Waals surface area contributed by atoms with Crippen LogP contribution in [0.15, 0.2) is 55.1 Å². The summed E-state index contributed by atoms with van der Waals surface area (Å²) in [6.07, 6.45) is 6.86. The fourth-order valence-corrected chi connectivity index (χ4v) is 2.86. The van der Waals surface area contributed by atoms with E-state index in [4.69, 9.17) is 4.74 Å². The predicted octanol–water partition coefficient (Wildman–Crippen LogP) is 2.15. The number of nitrogens with zero attached hydrogens (tertiary/aromatic N) is 5. The molecule has 0 fully saturated rings. The van der Waals surface area contributed by atoms with Gasteiger partial charge in [-0.2, -0.15) is 15.0 Å². The minimum atomic E-state index is -0.432. The average molecular weight is 379 g/mol. The Morgan fingerprint density at radius 1 is 1.14 bits per heavy atom. The molecule has 144 valence electrons. The standard InChI is InChI=1S/C20H21N5O3/c1-3-24(11-8-15-12-16(14-21-13-15)20(27)28-2)19(26)17-6-4-5-7-18(17)25-22-9-10-23-25/h4-7,9-10,12-14H,3,8,11H2,1-2H3. The Morgan fingerprint density at radius 3 is 2.61 bits per heavy atom. The summed E-state index contributed by atoms with van der Waals surface area (Å²) in [6, 6.07) is 8.97. The van der Waals surface area contributed by atoms with Gasteiger partial charge in [0.15, 0.2) is 0 Å². The Bertz CT molecular complexity index is 956. The number of likely N-dealkylation sites (N-methyl/N-ethyl adjacent to an activating group) is 1. The third kappa shape index (κ3) is 4.22. The SMILES string of the molecule is CCN(CCc1cncc(C(=O)OC)c1)C(=O)c1ccccc1-n1nccn1. The van der Waals surface area contributed by atoms with Crippen molar-refractivity contribution >= 4 is 11.9 Å². The largest absolute Gasteiger partial charge is 0.465 e. The molecule has 3 aromatic rings. The highest BCUT2D eigenvalue weighted by Crippen LogP contribution is 2.16. The van der Waals surface area contributed by atoms with Crippen LogP contribution in [0.4, 0.5) is 0 Å². The number of hydrogen-bond donors (Lipinski definition) is 0. The smallest absolute Gasteiger partial charge is 0.339 e. The number of methoxy groups -OCH3 is 1. The number of rotatable bonds is 7. The van der Waals surface area contributed by atoms with E-state index in [9.17, 15) is 9.59 Å². The molecule has 0 saturated heterocycles. The number of benzene rings is 1. The maximum absolute atomic E-state index is 13.1. The molecule has 0 spiro atoms. The van der Waals surface area contributed by atoms with Crippen molar-refractivity contribution in [3.05, 3.63) is 71.8 Å². The van der Waals surface area contributed by atoms with Crippen LogP contribution < -0.4 is 0 Å². The number of carbonyl (C=O) groups excluding carboxylic acids is 2.